The highest BCUT2D eigenvalue weighted by atomic mass is 32.2. The first-order valence-corrected chi connectivity index (χ1v) is 11.3. The molecule has 28 heavy (non-hydrogen) atoms. The second kappa shape index (κ2) is 6.92. The fourth-order valence-corrected chi connectivity index (χ4v) is 5.79. The topological polar surface area (TPSA) is 81.5 Å². The van der Waals surface area contributed by atoms with Crippen molar-refractivity contribution in [2.45, 2.75) is 39.3 Å². The molecule has 0 spiro atoms. The maximum absolute atomic E-state index is 12.9. The number of aromatic nitrogens is 2. The molecule has 4 rings (SSSR count). The zero-order valence-corrected chi connectivity index (χ0v) is 17.3. The molecular weight excluding hydrogens is 378 g/mol. The third-order valence-electron chi connectivity index (χ3n) is 5.71. The molecule has 1 saturated heterocycles. The predicted octanol–water partition coefficient (Wildman–Crippen LogP) is 2.07. The van der Waals surface area contributed by atoms with Crippen molar-refractivity contribution in [2.24, 2.45) is 0 Å². The van der Waals surface area contributed by atoms with Crippen molar-refractivity contribution in [1.29, 1.82) is 0 Å². The predicted molar refractivity (Wildman–Crippen MR) is 105 cm³/mol. The Morgan fingerprint density at radius 3 is 2.86 bits per heavy atom. The van der Waals surface area contributed by atoms with Crippen molar-refractivity contribution in [3.8, 4) is 5.75 Å². The summed E-state index contributed by atoms with van der Waals surface area (Å²) in [6, 6.07) is 5.46. The highest BCUT2D eigenvalue weighted by molar-refractivity contribution is 7.91. The summed E-state index contributed by atoms with van der Waals surface area (Å²) in [5, 5.41) is 4.59. The average Bonchev–Trinajstić information content (AvgIpc) is 3.33. The number of ether oxygens (including phenoxy) is 1. The second-order valence-corrected chi connectivity index (χ2v) is 9.96. The SMILES string of the molecule is Cc1nn([C@H]2CCS(=O)(=O)C2)c(C)c1CN(C)C(=O)c1ccc2c(c1)CCO2. The van der Waals surface area contributed by atoms with Crippen LogP contribution in [0.3, 0.4) is 0 Å². The summed E-state index contributed by atoms with van der Waals surface area (Å²) in [5.74, 6) is 1.16. The fourth-order valence-electron chi connectivity index (χ4n) is 4.10. The van der Waals surface area contributed by atoms with E-state index in [0.29, 0.717) is 25.1 Å². The van der Waals surface area contributed by atoms with Crippen LogP contribution in [-0.4, -0.2) is 54.2 Å². The molecule has 1 atom stereocenters. The Hall–Kier alpha value is -2.35. The van der Waals surface area contributed by atoms with Gasteiger partial charge in [-0.25, -0.2) is 8.42 Å². The van der Waals surface area contributed by atoms with E-state index < -0.39 is 9.84 Å². The largest absolute Gasteiger partial charge is 0.493 e. The third kappa shape index (κ3) is 3.41. The number of rotatable bonds is 4. The van der Waals surface area contributed by atoms with Gasteiger partial charge in [0.1, 0.15) is 5.75 Å². The van der Waals surface area contributed by atoms with Gasteiger partial charge in [-0.05, 0) is 44.0 Å². The number of hydrogen-bond acceptors (Lipinski definition) is 5. The number of benzene rings is 1. The van der Waals surface area contributed by atoms with E-state index in [9.17, 15) is 13.2 Å². The lowest BCUT2D eigenvalue weighted by Gasteiger charge is -2.18. The quantitative estimate of drug-likeness (QED) is 0.781. The molecule has 1 amide bonds. The van der Waals surface area contributed by atoms with Gasteiger partial charge in [0.05, 0.1) is 29.8 Å². The molecule has 2 aliphatic heterocycles. The first-order chi connectivity index (χ1) is 13.2. The molecule has 8 heteroatoms. The smallest absolute Gasteiger partial charge is 0.253 e. The molecule has 0 N–H and O–H groups in total. The summed E-state index contributed by atoms with van der Waals surface area (Å²) >= 11 is 0. The zero-order chi connectivity index (χ0) is 20.1. The normalized spacial score (nSPS) is 20.0. The van der Waals surface area contributed by atoms with E-state index in [1.54, 1.807) is 18.0 Å². The lowest BCUT2D eigenvalue weighted by Crippen LogP contribution is -2.27. The molecule has 0 radical (unpaired) electrons. The minimum atomic E-state index is -2.98. The van der Waals surface area contributed by atoms with Gasteiger partial charge in [0, 0.05) is 36.8 Å². The van der Waals surface area contributed by atoms with Crippen LogP contribution in [0.1, 0.15) is 45.3 Å². The lowest BCUT2D eigenvalue weighted by molar-refractivity contribution is 0.0784. The molecular formula is C20H25N3O4S. The lowest BCUT2D eigenvalue weighted by atomic mass is 10.1. The summed E-state index contributed by atoms with van der Waals surface area (Å²) in [4.78, 5) is 14.6. The van der Waals surface area contributed by atoms with Gasteiger partial charge in [0.25, 0.3) is 5.91 Å². The number of carbonyl (C=O) groups excluding carboxylic acids is 1. The van der Waals surface area contributed by atoms with E-state index in [2.05, 4.69) is 5.10 Å². The van der Waals surface area contributed by atoms with Crippen molar-refractivity contribution in [1.82, 2.24) is 14.7 Å². The van der Waals surface area contributed by atoms with Crippen molar-refractivity contribution in [3.63, 3.8) is 0 Å². The van der Waals surface area contributed by atoms with E-state index in [1.807, 2.05) is 30.7 Å². The van der Waals surface area contributed by atoms with Gasteiger partial charge >= 0.3 is 0 Å². The Bertz CT molecular complexity index is 1040. The third-order valence-corrected chi connectivity index (χ3v) is 7.46. The molecule has 0 saturated carbocycles. The van der Waals surface area contributed by atoms with Crippen LogP contribution >= 0.6 is 0 Å². The number of nitrogens with zero attached hydrogens (tertiary/aromatic N) is 3. The maximum Gasteiger partial charge on any atom is 0.253 e. The molecule has 0 unspecified atom stereocenters. The van der Waals surface area contributed by atoms with Crippen molar-refractivity contribution in [2.75, 3.05) is 25.2 Å². The van der Waals surface area contributed by atoms with Crippen LogP contribution in [0.25, 0.3) is 0 Å². The molecule has 0 aliphatic carbocycles. The van der Waals surface area contributed by atoms with Crippen LogP contribution in [0.2, 0.25) is 0 Å². The number of carbonyl (C=O) groups is 1. The van der Waals surface area contributed by atoms with Crippen molar-refractivity contribution < 1.29 is 17.9 Å². The molecule has 1 aromatic carbocycles. The van der Waals surface area contributed by atoms with Crippen LogP contribution < -0.4 is 4.74 Å². The van der Waals surface area contributed by atoms with Gasteiger partial charge < -0.3 is 9.64 Å². The molecule has 1 fully saturated rings. The van der Waals surface area contributed by atoms with Crippen molar-refractivity contribution >= 4 is 15.7 Å². The molecule has 7 nitrogen and oxygen atoms in total. The summed E-state index contributed by atoms with van der Waals surface area (Å²) in [7, 11) is -1.20. The standard InChI is InChI=1S/C20H25N3O4S/c1-13-18(14(2)23(21-13)17-7-9-28(25,26)12-17)11-22(3)20(24)16-4-5-19-15(10-16)6-8-27-19/h4-5,10,17H,6-9,11-12H2,1-3H3/t17-/m0/s1. The van der Waals surface area contributed by atoms with E-state index in [1.165, 1.54) is 0 Å². The van der Waals surface area contributed by atoms with Crippen LogP contribution in [-0.2, 0) is 22.8 Å². The number of fused-ring (bicyclic) bond motifs is 1. The maximum atomic E-state index is 12.9. The van der Waals surface area contributed by atoms with E-state index in [0.717, 1.165) is 34.7 Å². The second-order valence-electron chi connectivity index (χ2n) is 7.73. The van der Waals surface area contributed by atoms with Crippen LogP contribution in [0.15, 0.2) is 18.2 Å². The molecule has 2 aromatic rings. The Morgan fingerprint density at radius 1 is 1.36 bits per heavy atom. The minimum Gasteiger partial charge on any atom is -0.493 e. The Labute approximate surface area is 165 Å². The van der Waals surface area contributed by atoms with Gasteiger partial charge in [-0.1, -0.05) is 0 Å². The number of aryl methyl sites for hydroxylation is 1. The highest BCUT2D eigenvalue weighted by Crippen LogP contribution is 2.28. The molecule has 1 aromatic heterocycles. The van der Waals surface area contributed by atoms with E-state index >= 15 is 0 Å². The summed E-state index contributed by atoms with van der Waals surface area (Å²) in [6.45, 7) is 4.96. The molecule has 3 heterocycles. The first kappa shape index (κ1) is 19.0. The monoisotopic (exact) mass is 403 g/mol. The number of amides is 1. The van der Waals surface area contributed by atoms with Crippen LogP contribution in [0.5, 0.6) is 5.75 Å². The summed E-state index contributed by atoms with van der Waals surface area (Å²) in [5.41, 5.74) is 4.47. The zero-order valence-electron chi connectivity index (χ0n) is 16.4. The van der Waals surface area contributed by atoms with E-state index in [4.69, 9.17) is 4.74 Å². The minimum absolute atomic E-state index is 0.0512. The number of hydrogen-bond donors (Lipinski definition) is 0. The van der Waals surface area contributed by atoms with Gasteiger partial charge in [0.2, 0.25) is 0 Å². The van der Waals surface area contributed by atoms with Gasteiger partial charge in [-0.2, -0.15) is 5.10 Å². The summed E-state index contributed by atoms with van der Waals surface area (Å²) in [6.07, 6.45) is 1.42. The van der Waals surface area contributed by atoms with Crippen LogP contribution in [0.4, 0.5) is 0 Å². The Balaban J connectivity index is 1.53. The number of sulfone groups is 1. The fraction of sp³-hybridized carbons (Fsp3) is 0.500. The summed E-state index contributed by atoms with van der Waals surface area (Å²) < 4.78 is 31.0. The molecule has 0 bridgehead atoms. The highest BCUT2D eigenvalue weighted by Gasteiger charge is 2.31. The van der Waals surface area contributed by atoms with Crippen LogP contribution in [0, 0.1) is 13.8 Å². The first-order valence-electron chi connectivity index (χ1n) is 9.51. The van der Waals surface area contributed by atoms with Crippen molar-refractivity contribution in [3.05, 3.63) is 46.3 Å². The van der Waals surface area contributed by atoms with E-state index in [-0.39, 0.29) is 23.5 Å². The van der Waals surface area contributed by atoms with Gasteiger partial charge in [-0.15, -0.1) is 0 Å². The Morgan fingerprint density at radius 2 is 2.14 bits per heavy atom. The molecule has 150 valence electrons. The Kier molecular flexibility index (Phi) is 4.69. The van der Waals surface area contributed by atoms with Gasteiger partial charge in [0.15, 0.2) is 9.84 Å². The molecule has 2 aliphatic rings. The average molecular weight is 404 g/mol. The van der Waals surface area contributed by atoms with Gasteiger partial charge in [-0.3, -0.25) is 9.48 Å².